The van der Waals surface area contributed by atoms with Crippen molar-refractivity contribution in [3.63, 3.8) is 0 Å². The van der Waals surface area contributed by atoms with Gasteiger partial charge >= 0.3 is 0 Å². The first-order valence-electron chi connectivity index (χ1n) is 7.28. The Bertz CT molecular complexity index is 674. The molecule has 0 bridgehead atoms. The Morgan fingerprint density at radius 2 is 2.13 bits per heavy atom. The summed E-state index contributed by atoms with van der Waals surface area (Å²) in [7, 11) is 0. The van der Waals surface area contributed by atoms with Crippen LogP contribution in [0.2, 0.25) is 0 Å². The Morgan fingerprint density at radius 1 is 1.39 bits per heavy atom. The molecule has 0 aliphatic rings. The van der Waals surface area contributed by atoms with Crippen LogP contribution in [0.15, 0.2) is 40.7 Å². The number of thioether (sulfide) groups is 1. The van der Waals surface area contributed by atoms with Gasteiger partial charge in [-0.15, -0.1) is 23.1 Å². The average molecular weight is 349 g/mol. The minimum atomic E-state index is -0.403. The number of nitrogens with zero attached hydrogens (tertiary/aromatic N) is 1. The van der Waals surface area contributed by atoms with Gasteiger partial charge in [-0.3, -0.25) is 9.59 Å². The molecule has 5 nitrogen and oxygen atoms in total. The molecular formula is C16H19N3O2S2. The van der Waals surface area contributed by atoms with Crippen molar-refractivity contribution in [1.29, 1.82) is 0 Å². The van der Waals surface area contributed by atoms with E-state index in [-0.39, 0.29) is 11.9 Å². The summed E-state index contributed by atoms with van der Waals surface area (Å²) < 4.78 is 0. The van der Waals surface area contributed by atoms with Gasteiger partial charge in [-0.25, -0.2) is 4.98 Å². The molecule has 0 radical (unpaired) electrons. The lowest BCUT2D eigenvalue weighted by Gasteiger charge is -2.17. The van der Waals surface area contributed by atoms with Crippen LogP contribution in [-0.2, 0) is 4.79 Å². The monoisotopic (exact) mass is 349 g/mol. The Labute approximate surface area is 143 Å². The Balaban J connectivity index is 2.17. The average Bonchev–Trinajstić information content (AvgIpc) is 3.07. The molecule has 2 aromatic rings. The van der Waals surface area contributed by atoms with Crippen molar-refractivity contribution in [2.75, 3.05) is 0 Å². The molecule has 7 heteroatoms. The summed E-state index contributed by atoms with van der Waals surface area (Å²) in [4.78, 5) is 28.9. The maximum Gasteiger partial charge on any atom is 0.252 e. The molecule has 0 unspecified atom stereocenters. The fourth-order valence-corrected chi connectivity index (χ4v) is 3.70. The number of nitrogens with two attached hydrogens (primary N) is 1. The van der Waals surface area contributed by atoms with Gasteiger partial charge in [0.1, 0.15) is 5.01 Å². The molecule has 0 saturated heterocycles. The number of nitrogens with one attached hydrogen (secondary N) is 1. The number of aromatic nitrogens is 1. The highest BCUT2D eigenvalue weighted by molar-refractivity contribution is 8.00. The minimum absolute atomic E-state index is 0.117. The topological polar surface area (TPSA) is 85.1 Å². The van der Waals surface area contributed by atoms with Gasteiger partial charge in [-0.05, 0) is 25.5 Å². The molecule has 0 spiro atoms. The molecule has 1 aromatic heterocycles. The van der Waals surface area contributed by atoms with Gasteiger partial charge in [-0.2, -0.15) is 0 Å². The van der Waals surface area contributed by atoms with E-state index in [1.54, 1.807) is 25.3 Å². The number of thiazole rings is 1. The van der Waals surface area contributed by atoms with E-state index in [2.05, 4.69) is 10.3 Å². The molecule has 3 N–H and O–H groups in total. The van der Waals surface area contributed by atoms with Gasteiger partial charge in [0.05, 0.1) is 16.9 Å². The molecule has 0 fully saturated rings. The van der Waals surface area contributed by atoms with Crippen molar-refractivity contribution in [3.05, 3.63) is 46.4 Å². The third kappa shape index (κ3) is 4.56. The van der Waals surface area contributed by atoms with E-state index in [1.807, 2.05) is 24.4 Å². The first-order chi connectivity index (χ1) is 11.0. The summed E-state index contributed by atoms with van der Waals surface area (Å²) in [6.07, 6.45) is 2.49. The maximum atomic E-state index is 12.6. The predicted molar refractivity (Wildman–Crippen MR) is 93.6 cm³/mol. The highest BCUT2D eigenvalue weighted by Crippen LogP contribution is 2.27. The van der Waals surface area contributed by atoms with Gasteiger partial charge in [0.25, 0.3) is 5.91 Å². The zero-order valence-electron chi connectivity index (χ0n) is 13.0. The molecule has 122 valence electrons. The van der Waals surface area contributed by atoms with Crippen LogP contribution in [0.3, 0.4) is 0 Å². The largest absolute Gasteiger partial charge is 0.369 e. The molecule has 1 aromatic carbocycles. The molecule has 0 aliphatic heterocycles. The van der Waals surface area contributed by atoms with Crippen LogP contribution in [0.4, 0.5) is 0 Å². The number of carbonyl (C=O) groups excluding carboxylic acids is 2. The number of hydrogen-bond donors (Lipinski definition) is 2. The summed E-state index contributed by atoms with van der Waals surface area (Å²) in [5.74, 6) is -0.578. The molecule has 1 heterocycles. The smallest absolute Gasteiger partial charge is 0.252 e. The van der Waals surface area contributed by atoms with Crippen molar-refractivity contribution in [2.24, 2.45) is 5.73 Å². The third-order valence-corrected chi connectivity index (χ3v) is 5.38. The van der Waals surface area contributed by atoms with Crippen molar-refractivity contribution < 1.29 is 9.59 Å². The van der Waals surface area contributed by atoms with Crippen LogP contribution in [0.1, 0.15) is 41.7 Å². The maximum absolute atomic E-state index is 12.6. The fourth-order valence-electron chi connectivity index (χ4n) is 1.99. The number of carbonyl (C=O) groups is 2. The van der Waals surface area contributed by atoms with E-state index in [0.717, 1.165) is 16.3 Å². The summed E-state index contributed by atoms with van der Waals surface area (Å²) >= 11 is 2.81. The Morgan fingerprint density at radius 3 is 2.74 bits per heavy atom. The molecule has 23 heavy (non-hydrogen) atoms. The highest BCUT2D eigenvalue weighted by atomic mass is 32.2. The number of rotatable bonds is 7. The number of amides is 2. The standard InChI is InChI=1S/C16H19N3O2S2/c1-3-12(16-18-8-9-22-16)19-15(21)11-6-4-5-7-13(11)23-10(2)14(17)20/h4-10,12H,3H2,1-2H3,(H2,17,20)(H,19,21)/t10-,12-/m0/s1. The van der Waals surface area contributed by atoms with Crippen LogP contribution in [-0.4, -0.2) is 22.0 Å². The quantitative estimate of drug-likeness (QED) is 0.753. The second-order valence-corrected chi connectivity index (χ2v) is 7.27. The van der Waals surface area contributed by atoms with Crippen molar-refractivity contribution in [3.8, 4) is 0 Å². The molecule has 2 atom stereocenters. The van der Waals surface area contributed by atoms with Crippen molar-refractivity contribution >= 4 is 34.9 Å². The Hall–Kier alpha value is -1.86. The zero-order valence-corrected chi connectivity index (χ0v) is 14.6. The van der Waals surface area contributed by atoms with Crippen molar-refractivity contribution in [1.82, 2.24) is 10.3 Å². The second-order valence-electron chi connectivity index (χ2n) is 4.96. The number of primary amides is 1. The summed E-state index contributed by atoms with van der Waals surface area (Å²) in [6, 6.07) is 7.10. The SMILES string of the molecule is CC[C@H](NC(=O)c1ccccc1S[C@@H](C)C(N)=O)c1nccs1. The van der Waals surface area contributed by atoms with Gasteiger partial charge < -0.3 is 11.1 Å². The number of benzene rings is 1. The van der Waals surface area contributed by atoms with E-state index in [1.165, 1.54) is 23.1 Å². The molecule has 2 rings (SSSR count). The molecule has 0 aliphatic carbocycles. The van der Waals surface area contributed by atoms with E-state index in [0.29, 0.717) is 5.56 Å². The number of hydrogen-bond acceptors (Lipinski definition) is 5. The lowest BCUT2D eigenvalue weighted by molar-refractivity contribution is -0.117. The molecule has 0 saturated carbocycles. The first-order valence-corrected chi connectivity index (χ1v) is 9.04. The molecule has 2 amide bonds. The second kappa shape index (κ2) is 8.12. The van der Waals surface area contributed by atoms with Gasteiger partial charge in [0.2, 0.25) is 5.91 Å². The van der Waals surface area contributed by atoms with Crippen molar-refractivity contribution in [2.45, 2.75) is 36.5 Å². The van der Waals surface area contributed by atoms with Crippen LogP contribution >= 0.6 is 23.1 Å². The minimum Gasteiger partial charge on any atom is -0.369 e. The van der Waals surface area contributed by atoms with Crippen LogP contribution < -0.4 is 11.1 Å². The molecular weight excluding hydrogens is 330 g/mol. The lowest BCUT2D eigenvalue weighted by atomic mass is 10.1. The van der Waals surface area contributed by atoms with Crippen LogP contribution in [0.5, 0.6) is 0 Å². The summed E-state index contributed by atoms with van der Waals surface area (Å²) in [6.45, 7) is 3.73. The van der Waals surface area contributed by atoms with E-state index < -0.39 is 11.2 Å². The Kier molecular flexibility index (Phi) is 6.18. The van der Waals surface area contributed by atoms with E-state index in [9.17, 15) is 9.59 Å². The summed E-state index contributed by atoms with van der Waals surface area (Å²) in [5, 5.41) is 5.39. The van der Waals surface area contributed by atoms with E-state index in [4.69, 9.17) is 5.73 Å². The fraction of sp³-hybridized carbons (Fsp3) is 0.312. The summed E-state index contributed by atoms with van der Waals surface area (Å²) in [5.41, 5.74) is 5.85. The van der Waals surface area contributed by atoms with Crippen LogP contribution in [0, 0.1) is 0 Å². The van der Waals surface area contributed by atoms with Gasteiger partial charge in [0, 0.05) is 16.5 Å². The predicted octanol–water partition coefficient (Wildman–Crippen LogP) is 2.99. The van der Waals surface area contributed by atoms with Crippen LogP contribution in [0.25, 0.3) is 0 Å². The van der Waals surface area contributed by atoms with E-state index >= 15 is 0 Å². The zero-order chi connectivity index (χ0) is 16.8. The lowest BCUT2D eigenvalue weighted by Crippen LogP contribution is -2.29. The first kappa shape index (κ1) is 17.5. The van der Waals surface area contributed by atoms with Gasteiger partial charge in [0.15, 0.2) is 0 Å². The van der Waals surface area contributed by atoms with Gasteiger partial charge in [-0.1, -0.05) is 19.1 Å². The normalized spacial score (nSPS) is 13.3. The highest BCUT2D eigenvalue weighted by Gasteiger charge is 2.20. The third-order valence-electron chi connectivity index (χ3n) is 3.30.